The summed E-state index contributed by atoms with van der Waals surface area (Å²) in [6.45, 7) is 8.78. The van der Waals surface area contributed by atoms with Gasteiger partial charge in [0.05, 0.1) is 13.2 Å². The van der Waals surface area contributed by atoms with Gasteiger partial charge in [-0.25, -0.2) is 5.48 Å². The number of hydrogen-bond donors (Lipinski definition) is 2. The number of carbonyl (C=O) groups excluding carboxylic acids is 1. The monoisotopic (exact) mass is 560 g/mol. The Morgan fingerprint density at radius 3 is 2.55 bits per heavy atom. The first-order chi connectivity index (χ1) is 16.1. The molecule has 5 rings (SSSR count). The van der Waals surface area contributed by atoms with Gasteiger partial charge in [-0.1, -0.05) is 12.1 Å². The normalized spacial score (nSPS) is 17.3. The zero-order valence-corrected chi connectivity index (χ0v) is 20.8. The molecule has 7 nitrogen and oxygen atoms in total. The van der Waals surface area contributed by atoms with Crippen molar-refractivity contribution in [3.8, 4) is 0 Å². The van der Waals surface area contributed by atoms with Gasteiger partial charge in [0.15, 0.2) is 0 Å². The van der Waals surface area contributed by atoms with Crippen molar-refractivity contribution in [3.63, 3.8) is 0 Å². The number of nitrogens with zero attached hydrogens (tertiary/aromatic N) is 3. The van der Waals surface area contributed by atoms with Crippen molar-refractivity contribution in [1.82, 2.24) is 19.8 Å². The molecule has 0 spiro atoms. The second-order valence-electron chi connectivity index (χ2n) is 8.79. The molecule has 3 heterocycles. The zero-order chi connectivity index (χ0) is 22.8. The third-order valence-corrected chi connectivity index (χ3v) is 7.46. The summed E-state index contributed by atoms with van der Waals surface area (Å²) in [5.74, 6) is -0.489. The Morgan fingerprint density at radius 2 is 1.79 bits per heavy atom. The maximum atomic E-state index is 11.6. The molecular formula is C25H29IN4O3. The van der Waals surface area contributed by atoms with E-state index in [1.54, 1.807) is 17.6 Å². The lowest BCUT2D eigenvalue weighted by molar-refractivity contribution is 0.0326. The summed E-state index contributed by atoms with van der Waals surface area (Å²) in [6, 6.07) is 14.2. The predicted molar refractivity (Wildman–Crippen MR) is 136 cm³/mol. The Labute approximate surface area is 207 Å². The first-order valence-corrected chi connectivity index (χ1v) is 12.6. The van der Waals surface area contributed by atoms with E-state index in [0.29, 0.717) is 5.56 Å². The topological polar surface area (TPSA) is 70.0 Å². The molecule has 0 atom stereocenters. The van der Waals surface area contributed by atoms with E-state index in [1.807, 2.05) is 12.1 Å². The van der Waals surface area contributed by atoms with E-state index in [1.165, 1.54) is 25.7 Å². The number of hydrogen-bond acceptors (Lipinski definition) is 5. The van der Waals surface area contributed by atoms with E-state index in [-0.39, 0.29) is 0 Å². The third kappa shape index (κ3) is 4.95. The SMILES string of the molecule is O=C(NO)c1ccc(Cn2c3c(c4cc(I)ccc42)CN(CCN2CCOCC2)CC3)cc1. The average molecular weight is 560 g/mol. The van der Waals surface area contributed by atoms with Gasteiger partial charge >= 0.3 is 0 Å². The van der Waals surface area contributed by atoms with Gasteiger partial charge in [-0.05, 0) is 64.0 Å². The Bertz CT molecular complexity index is 1140. The fourth-order valence-electron chi connectivity index (χ4n) is 4.97. The van der Waals surface area contributed by atoms with E-state index >= 15 is 0 Å². The number of fused-ring (bicyclic) bond motifs is 3. The van der Waals surface area contributed by atoms with E-state index < -0.39 is 5.91 Å². The molecule has 0 unspecified atom stereocenters. The molecule has 1 amide bonds. The van der Waals surface area contributed by atoms with Crippen LogP contribution in [0.25, 0.3) is 10.9 Å². The van der Waals surface area contributed by atoms with Crippen molar-refractivity contribution >= 4 is 39.4 Å². The van der Waals surface area contributed by atoms with Gasteiger partial charge in [0, 0.05) is 78.0 Å². The van der Waals surface area contributed by atoms with Gasteiger partial charge in [0.2, 0.25) is 0 Å². The Hall–Kier alpha value is -1.98. The number of hydroxylamine groups is 1. The maximum Gasteiger partial charge on any atom is 0.274 e. The summed E-state index contributed by atoms with van der Waals surface area (Å²) in [5, 5.41) is 10.2. The molecule has 33 heavy (non-hydrogen) atoms. The second-order valence-corrected chi connectivity index (χ2v) is 10.0. The van der Waals surface area contributed by atoms with E-state index in [0.717, 1.165) is 71.0 Å². The van der Waals surface area contributed by atoms with Crippen molar-refractivity contribution in [1.29, 1.82) is 0 Å². The van der Waals surface area contributed by atoms with Crippen LogP contribution >= 0.6 is 22.6 Å². The summed E-state index contributed by atoms with van der Waals surface area (Å²) in [6.07, 6.45) is 1.04. The van der Waals surface area contributed by atoms with Crippen LogP contribution in [0.2, 0.25) is 0 Å². The highest BCUT2D eigenvalue weighted by Gasteiger charge is 2.25. The van der Waals surface area contributed by atoms with Gasteiger partial charge in [0.1, 0.15) is 0 Å². The molecule has 1 aromatic heterocycles. The molecule has 2 aliphatic heterocycles. The first kappa shape index (κ1) is 22.8. The molecule has 1 fully saturated rings. The number of aromatic nitrogens is 1. The molecule has 0 radical (unpaired) electrons. The number of rotatable bonds is 6. The van der Waals surface area contributed by atoms with Gasteiger partial charge in [-0.15, -0.1) is 0 Å². The number of amides is 1. The first-order valence-electron chi connectivity index (χ1n) is 11.5. The number of morpholine rings is 1. The fourth-order valence-corrected chi connectivity index (χ4v) is 5.46. The quantitative estimate of drug-likeness (QED) is 0.276. The molecule has 2 N–H and O–H groups in total. The van der Waals surface area contributed by atoms with Crippen molar-refractivity contribution < 1.29 is 14.7 Å². The molecular weight excluding hydrogens is 531 g/mol. The van der Waals surface area contributed by atoms with Crippen LogP contribution in [-0.4, -0.2) is 71.4 Å². The summed E-state index contributed by atoms with van der Waals surface area (Å²) in [4.78, 5) is 16.7. The van der Waals surface area contributed by atoms with Crippen LogP contribution < -0.4 is 5.48 Å². The Balaban J connectivity index is 1.39. The summed E-state index contributed by atoms with van der Waals surface area (Å²) in [7, 11) is 0. The lowest BCUT2D eigenvalue weighted by Crippen LogP contribution is -2.42. The van der Waals surface area contributed by atoms with Gasteiger partial charge < -0.3 is 9.30 Å². The molecule has 0 saturated carbocycles. The predicted octanol–water partition coefficient (Wildman–Crippen LogP) is 3.10. The smallest absolute Gasteiger partial charge is 0.274 e. The molecule has 8 heteroatoms. The largest absolute Gasteiger partial charge is 0.379 e. The summed E-state index contributed by atoms with van der Waals surface area (Å²) >= 11 is 2.40. The maximum absolute atomic E-state index is 11.6. The van der Waals surface area contributed by atoms with Crippen LogP contribution in [0.3, 0.4) is 0 Å². The highest BCUT2D eigenvalue weighted by Crippen LogP contribution is 2.32. The summed E-state index contributed by atoms with van der Waals surface area (Å²) < 4.78 is 9.18. The number of nitrogens with one attached hydrogen (secondary N) is 1. The molecule has 1 saturated heterocycles. The van der Waals surface area contributed by atoms with Crippen LogP contribution in [0, 0.1) is 3.57 Å². The molecule has 3 aromatic rings. The molecule has 2 aromatic carbocycles. The minimum atomic E-state index is -0.489. The van der Waals surface area contributed by atoms with Crippen LogP contribution in [0.1, 0.15) is 27.2 Å². The minimum Gasteiger partial charge on any atom is -0.379 e. The highest BCUT2D eigenvalue weighted by molar-refractivity contribution is 14.1. The van der Waals surface area contributed by atoms with Crippen molar-refractivity contribution in [2.45, 2.75) is 19.5 Å². The third-order valence-electron chi connectivity index (χ3n) is 6.79. The van der Waals surface area contributed by atoms with Crippen molar-refractivity contribution in [3.05, 3.63) is 68.4 Å². The number of ether oxygens (including phenoxy) is 1. The van der Waals surface area contributed by atoms with Gasteiger partial charge in [0.25, 0.3) is 5.91 Å². The van der Waals surface area contributed by atoms with Gasteiger partial charge in [-0.2, -0.15) is 0 Å². The Morgan fingerprint density at radius 1 is 1.03 bits per heavy atom. The molecule has 174 valence electrons. The zero-order valence-electron chi connectivity index (χ0n) is 18.6. The van der Waals surface area contributed by atoms with Crippen LogP contribution in [0.5, 0.6) is 0 Å². The van der Waals surface area contributed by atoms with Crippen molar-refractivity contribution in [2.75, 3.05) is 45.9 Å². The highest BCUT2D eigenvalue weighted by atomic mass is 127. The standard InChI is InChI=1S/C25H29IN4O3/c26-20-5-6-23-21(15-20)22-17-29(10-9-28-11-13-33-14-12-28)8-7-24(22)30(23)16-18-1-3-19(4-2-18)25(31)27-32/h1-6,15,32H,7-14,16-17H2,(H,27,31). The van der Waals surface area contributed by atoms with Crippen LogP contribution in [0.4, 0.5) is 0 Å². The molecule has 0 bridgehead atoms. The minimum absolute atomic E-state index is 0.450. The lowest BCUT2D eigenvalue weighted by atomic mass is 10.0. The summed E-state index contributed by atoms with van der Waals surface area (Å²) in [5.41, 5.74) is 7.43. The Kier molecular flexibility index (Phi) is 6.98. The fraction of sp³-hybridized carbons (Fsp3) is 0.400. The van der Waals surface area contributed by atoms with Crippen LogP contribution in [-0.2, 0) is 24.2 Å². The van der Waals surface area contributed by atoms with Crippen molar-refractivity contribution in [2.24, 2.45) is 0 Å². The second kappa shape index (κ2) is 10.1. The van der Waals surface area contributed by atoms with Crippen LogP contribution in [0.15, 0.2) is 42.5 Å². The number of benzene rings is 2. The molecule has 2 aliphatic rings. The number of halogens is 1. The average Bonchev–Trinajstić information content (AvgIpc) is 3.15. The van der Waals surface area contributed by atoms with E-state index in [4.69, 9.17) is 9.94 Å². The van der Waals surface area contributed by atoms with Gasteiger partial charge in [-0.3, -0.25) is 19.8 Å². The number of carbonyl (C=O) groups is 1. The van der Waals surface area contributed by atoms with E-state index in [9.17, 15) is 4.79 Å². The lowest BCUT2D eigenvalue weighted by Gasteiger charge is -2.32. The molecule has 0 aliphatic carbocycles. The van der Waals surface area contributed by atoms with E-state index in [2.05, 4.69) is 55.2 Å².